The van der Waals surface area contributed by atoms with Gasteiger partial charge in [0.2, 0.25) is 0 Å². The van der Waals surface area contributed by atoms with E-state index in [1.54, 1.807) is 0 Å². The van der Waals surface area contributed by atoms with Gasteiger partial charge in [0, 0.05) is 23.0 Å². The van der Waals surface area contributed by atoms with Crippen LogP contribution in [0.3, 0.4) is 0 Å². The maximum Gasteiger partial charge on any atom is 0.170 e. The molecule has 0 aliphatic carbocycles. The Bertz CT molecular complexity index is 713. The molecular formula is C14H13ClN4. The van der Waals surface area contributed by atoms with Gasteiger partial charge >= 0.3 is 0 Å². The van der Waals surface area contributed by atoms with E-state index in [0.29, 0.717) is 0 Å². The second-order valence-corrected chi connectivity index (χ2v) is 4.87. The van der Waals surface area contributed by atoms with Crippen LogP contribution >= 0.6 is 11.6 Å². The molecule has 3 aromatic rings. The number of aromatic nitrogens is 4. The molecular weight excluding hydrogens is 260 g/mol. The molecule has 96 valence electrons. The third-order valence-corrected chi connectivity index (χ3v) is 3.32. The van der Waals surface area contributed by atoms with Crippen LogP contribution in [0.15, 0.2) is 36.7 Å². The summed E-state index contributed by atoms with van der Waals surface area (Å²) in [7, 11) is 0. The van der Waals surface area contributed by atoms with Gasteiger partial charge in [-0.3, -0.25) is 4.57 Å². The van der Waals surface area contributed by atoms with Crippen molar-refractivity contribution in [3.8, 4) is 17.1 Å². The number of aryl methyl sites for hydroxylation is 2. The van der Waals surface area contributed by atoms with Crippen molar-refractivity contribution < 1.29 is 0 Å². The summed E-state index contributed by atoms with van der Waals surface area (Å²) in [5.74, 6) is 1.67. The number of rotatable bonds is 2. The highest BCUT2D eigenvalue weighted by Crippen LogP contribution is 2.25. The number of aromatic amines is 1. The normalized spacial score (nSPS) is 10.9. The average molecular weight is 273 g/mol. The Labute approximate surface area is 116 Å². The van der Waals surface area contributed by atoms with Crippen LogP contribution in [0.4, 0.5) is 0 Å². The Morgan fingerprint density at radius 2 is 2.00 bits per heavy atom. The van der Waals surface area contributed by atoms with Gasteiger partial charge in [-0.25, -0.2) is 0 Å². The number of hydrogen-bond donors (Lipinski definition) is 1. The summed E-state index contributed by atoms with van der Waals surface area (Å²) in [5, 5.41) is 9.17. The number of H-pyrrole nitrogens is 1. The fraction of sp³-hybridized carbons (Fsp3) is 0.143. The molecule has 0 fully saturated rings. The lowest BCUT2D eigenvalue weighted by atomic mass is 10.2. The van der Waals surface area contributed by atoms with Gasteiger partial charge < -0.3 is 4.98 Å². The molecule has 1 aromatic carbocycles. The molecule has 5 heteroatoms. The highest BCUT2D eigenvalue weighted by atomic mass is 35.5. The topological polar surface area (TPSA) is 46.5 Å². The largest absolute Gasteiger partial charge is 0.367 e. The second kappa shape index (κ2) is 4.55. The number of nitrogens with zero attached hydrogens (tertiary/aromatic N) is 3. The Hall–Kier alpha value is -2.07. The molecule has 0 aliphatic heterocycles. The summed E-state index contributed by atoms with van der Waals surface area (Å²) in [6.07, 6.45) is 3.78. The average Bonchev–Trinajstić information content (AvgIpc) is 2.99. The third-order valence-electron chi connectivity index (χ3n) is 3.08. The minimum absolute atomic E-state index is 0.732. The summed E-state index contributed by atoms with van der Waals surface area (Å²) < 4.78 is 2.04. The Morgan fingerprint density at radius 1 is 1.16 bits per heavy atom. The van der Waals surface area contributed by atoms with E-state index >= 15 is 0 Å². The van der Waals surface area contributed by atoms with Gasteiger partial charge in [0.15, 0.2) is 5.82 Å². The molecule has 0 aliphatic rings. The van der Waals surface area contributed by atoms with E-state index in [2.05, 4.69) is 15.2 Å². The molecule has 2 heterocycles. The smallest absolute Gasteiger partial charge is 0.170 e. The first-order valence-electron chi connectivity index (χ1n) is 5.98. The van der Waals surface area contributed by atoms with Crippen LogP contribution in [0.1, 0.15) is 11.4 Å². The first-order valence-corrected chi connectivity index (χ1v) is 6.36. The number of halogens is 1. The molecule has 0 atom stereocenters. The molecule has 0 saturated carbocycles. The fourth-order valence-electron chi connectivity index (χ4n) is 2.17. The number of hydrogen-bond acceptors (Lipinski definition) is 2. The lowest BCUT2D eigenvalue weighted by Crippen LogP contribution is -2.01. The Balaban J connectivity index is 2.22. The van der Waals surface area contributed by atoms with Crippen LogP contribution in [0, 0.1) is 13.8 Å². The standard InChI is InChI=1S/C14H13ClN4/c1-9-7-12(15)3-4-13(9)19-10(2)17-18-14(19)11-5-6-16-8-11/h3-8,16H,1-2H3. The summed E-state index contributed by atoms with van der Waals surface area (Å²) in [4.78, 5) is 3.04. The van der Waals surface area contributed by atoms with Crippen molar-refractivity contribution in [2.75, 3.05) is 0 Å². The zero-order valence-electron chi connectivity index (χ0n) is 10.7. The summed E-state index contributed by atoms with van der Waals surface area (Å²) >= 11 is 6.01. The van der Waals surface area contributed by atoms with E-state index in [1.807, 2.05) is 55.1 Å². The molecule has 19 heavy (non-hydrogen) atoms. The maximum absolute atomic E-state index is 6.01. The van der Waals surface area contributed by atoms with Crippen molar-refractivity contribution in [1.29, 1.82) is 0 Å². The highest BCUT2D eigenvalue weighted by Gasteiger charge is 2.14. The van der Waals surface area contributed by atoms with Crippen molar-refractivity contribution in [2.45, 2.75) is 13.8 Å². The molecule has 0 unspecified atom stereocenters. The third kappa shape index (κ3) is 2.04. The van der Waals surface area contributed by atoms with Gasteiger partial charge in [-0.2, -0.15) is 0 Å². The summed E-state index contributed by atoms with van der Waals surface area (Å²) in [5.41, 5.74) is 3.14. The van der Waals surface area contributed by atoms with Gasteiger partial charge in [0.05, 0.1) is 5.69 Å². The van der Waals surface area contributed by atoms with Gasteiger partial charge in [-0.05, 0) is 43.7 Å². The van der Waals surface area contributed by atoms with Crippen molar-refractivity contribution in [3.05, 3.63) is 53.1 Å². The Kier molecular flexibility index (Phi) is 2.87. The van der Waals surface area contributed by atoms with Gasteiger partial charge in [-0.15, -0.1) is 10.2 Å². The zero-order valence-corrected chi connectivity index (χ0v) is 11.4. The van der Waals surface area contributed by atoms with E-state index in [4.69, 9.17) is 11.6 Å². The molecule has 0 radical (unpaired) electrons. The van der Waals surface area contributed by atoms with E-state index in [-0.39, 0.29) is 0 Å². The predicted molar refractivity (Wildman–Crippen MR) is 75.6 cm³/mol. The summed E-state index contributed by atoms with van der Waals surface area (Å²) in [6.45, 7) is 3.97. The molecule has 1 N–H and O–H groups in total. The van der Waals surface area contributed by atoms with Crippen molar-refractivity contribution in [2.24, 2.45) is 0 Å². The van der Waals surface area contributed by atoms with Crippen LogP contribution in [0.2, 0.25) is 5.02 Å². The fourth-order valence-corrected chi connectivity index (χ4v) is 2.40. The van der Waals surface area contributed by atoms with Crippen LogP contribution < -0.4 is 0 Å². The minimum Gasteiger partial charge on any atom is -0.367 e. The van der Waals surface area contributed by atoms with Crippen LogP contribution in [0.25, 0.3) is 17.1 Å². The molecule has 3 rings (SSSR count). The SMILES string of the molecule is Cc1cc(Cl)ccc1-n1c(C)nnc1-c1cc[nH]c1. The second-order valence-electron chi connectivity index (χ2n) is 4.44. The molecule has 2 aromatic heterocycles. The highest BCUT2D eigenvalue weighted by molar-refractivity contribution is 6.30. The monoisotopic (exact) mass is 272 g/mol. The molecule has 0 saturated heterocycles. The predicted octanol–water partition coefficient (Wildman–Crippen LogP) is 3.53. The maximum atomic E-state index is 6.01. The van der Waals surface area contributed by atoms with Crippen LogP contribution in [-0.4, -0.2) is 19.7 Å². The van der Waals surface area contributed by atoms with Crippen molar-refractivity contribution in [1.82, 2.24) is 19.7 Å². The zero-order chi connectivity index (χ0) is 13.4. The first-order chi connectivity index (χ1) is 9.16. The van der Waals surface area contributed by atoms with Gasteiger partial charge in [0.1, 0.15) is 5.82 Å². The number of benzene rings is 1. The minimum atomic E-state index is 0.732. The van der Waals surface area contributed by atoms with E-state index in [1.165, 1.54) is 0 Å². The van der Waals surface area contributed by atoms with Gasteiger partial charge in [0.25, 0.3) is 0 Å². The number of nitrogens with one attached hydrogen (secondary N) is 1. The van der Waals surface area contributed by atoms with E-state index in [9.17, 15) is 0 Å². The lowest BCUT2D eigenvalue weighted by molar-refractivity contribution is 0.964. The quantitative estimate of drug-likeness (QED) is 0.776. The molecule has 0 spiro atoms. The molecule has 0 bridgehead atoms. The van der Waals surface area contributed by atoms with Gasteiger partial charge in [-0.1, -0.05) is 11.6 Å². The molecule has 0 amide bonds. The summed E-state index contributed by atoms with van der Waals surface area (Å²) in [6, 6.07) is 7.79. The lowest BCUT2D eigenvalue weighted by Gasteiger charge is -2.11. The van der Waals surface area contributed by atoms with E-state index < -0.39 is 0 Å². The van der Waals surface area contributed by atoms with Crippen molar-refractivity contribution >= 4 is 11.6 Å². The van der Waals surface area contributed by atoms with E-state index in [0.717, 1.165) is 33.5 Å². The first kappa shape index (κ1) is 12.0. The molecule has 4 nitrogen and oxygen atoms in total. The van der Waals surface area contributed by atoms with Crippen LogP contribution in [-0.2, 0) is 0 Å². The van der Waals surface area contributed by atoms with Crippen molar-refractivity contribution in [3.63, 3.8) is 0 Å². The Morgan fingerprint density at radius 3 is 2.68 bits per heavy atom. The van der Waals surface area contributed by atoms with Crippen LogP contribution in [0.5, 0.6) is 0 Å².